The number of nitrogens with zero attached hydrogens (tertiary/aromatic N) is 2. The lowest BCUT2D eigenvalue weighted by atomic mass is 10.0. The van der Waals surface area contributed by atoms with Gasteiger partial charge < -0.3 is 0 Å². The predicted octanol–water partition coefficient (Wildman–Crippen LogP) is 5.62. The van der Waals surface area contributed by atoms with E-state index in [-0.39, 0.29) is 17.4 Å². The number of ketones is 1. The Morgan fingerprint density at radius 1 is 0.516 bits per heavy atom. The Morgan fingerprint density at radius 2 is 0.935 bits per heavy atom. The summed E-state index contributed by atoms with van der Waals surface area (Å²) in [6.07, 6.45) is 0. The molecule has 4 aromatic carbocycles. The first-order valence-electron chi connectivity index (χ1n) is 9.92. The minimum atomic E-state index is -0.318. The van der Waals surface area contributed by atoms with Crippen LogP contribution in [0.2, 0.25) is 0 Å². The lowest BCUT2D eigenvalue weighted by Crippen LogP contribution is -2.29. The van der Waals surface area contributed by atoms with Crippen molar-refractivity contribution < 1.29 is 9.59 Å². The average molecular weight is 404 g/mol. The number of para-hydroxylation sites is 1. The van der Waals surface area contributed by atoms with E-state index in [0.717, 1.165) is 0 Å². The Bertz CT molecular complexity index is 1190. The number of hydrogen-bond donors (Lipinski definition) is 0. The van der Waals surface area contributed by atoms with E-state index in [0.29, 0.717) is 22.4 Å². The second-order valence-electron chi connectivity index (χ2n) is 6.83. The number of rotatable bonds is 6. The van der Waals surface area contributed by atoms with Crippen LogP contribution >= 0.6 is 0 Å². The van der Waals surface area contributed by atoms with Gasteiger partial charge in [0.15, 0.2) is 0 Å². The molecule has 0 atom stereocenters. The lowest BCUT2D eigenvalue weighted by molar-refractivity contribution is 0.0987. The molecule has 0 aliphatic carbocycles. The highest BCUT2D eigenvalue weighted by atomic mass is 16.2. The Balaban J connectivity index is 1.87. The highest BCUT2D eigenvalue weighted by Gasteiger charge is 2.22. The fraction of sp³-hybridized carbons (Fsp3) is 0. The Labute approximate surface area is 181 Å². The first-order chi connectivity index (χ1) is 15.2. The number of Topliss-reactive ketones (excluding diaryl/α,β-unsaturated/α-hetero) is 1. The minimum Gasteiger partial charge on any atom is -0.287 e. The van der Waals surface area contributed by atoms with Crippen molar-refractivity contribution in [3.8, 4) is 0 Å². The smallest absolute Gasteiger partial charge is 0.278 e. The van der Waals surface area contributed by atoms with Crippen LogP contribution in [-0.2, 0) is 0 Å². The largest absolute Gasteiger partial charge is 0.287 e. The number of amides is 1. The first kappa shape index (κ1) is 20.0. The van der Waals surface area contributed by atoms with E-state index < -0.39 is 0 Å². The predicted molar refractivity (Wildman–Crippen MR) is 123 cm³/mol. The van der Waals surface area contributed by atoms with Gasteiger partial charge in [-0.3, -0.25) is 9.59 Å². The summed E-state index contributed by atoms with van der Waals surface area (Å²) in [6.45, 7) is 0. The normalized spacial score (nSPS) is 11.0. The van der Waals surface area contributed by atoms with Crippen LogP contribution in [0.15, 0.2) is 126 Å². The number of carbonyl (C=O) groups excluding carboxylic acids is 2. The molecule has 0 heterocycles. The number of anilines is 1. The minimum absolute atomic E-state index is 0.194. The van der Waals surface area contributed by atoms with Gasteiger partial charge in [-0.2, -0.15) is 10.1 Å². The van der Waals surface area contributed by atoms with E-state index in [1.54, 1.807) is 60.7 Å². The van der Waals surface area contributed by atoms with Gasteiger partial charge in [0.05, 0.1) is 5.69 Å². The number of benzene rings is 4. The fourth-order valence-electron chi connectivity index (χ4n) is 3.15. The second-order valence-corrected chi connectivity index (χ2v) is 6.83. The molecule has 0 fully saturated rings. The molecule has 0 bridgehead atoms. The summed E-state index contributed by atoms with van der Waals surface area (Å²) in [4.78, 5) is 26.8. The summed E-state index contributed by atoms with van der Waals surface area (Å²) in [5, 5.41) is 5.91. The van der Waals surface area contributed by atoms with E-state index >= 15 is 0 Å². The highest BCUT2D eigenvalue weighted by Crippen LogP contribution is 2.20. The Kier molecular flexibility index (Phi) is 6.10. The summed E-state index contributed by atoms with van der Waals surface area (Å²) in [6, 6.07) is 36.2. The van der Waals surface area contributed by atoms with Crippen molar-refractivity contribution >= 4 is 23.1 Å². The molecule has 4 rings (SSSR count). The van der Waals surface area contributed by atoms with E-state index in [2.05, 4.69) is 5.10 Å². The standard InChI is InChI=1S/C27H20N2O2/c30-26(22-15-7-2-8-16-22)25(21-13-5-1-6-14-21)28-29(24-19-11-4-12-20-24)27(31)23-17-9-3-10-18-23/h1-20H/b28-25-. The lowest BCUT2D eigenvalue weighted by Gasteiger charge is -2.19. The van der Waals surface area contributed by atoms with Gasteiger partial charge in [-0.05, 0) is 24.3 Å². The van der Waals surface area contributed by atoms with Gasteiger partial charge in [-0.15, -0.1) is 0 Å². The van der Waals surface area contributed by atoms with Crippen molar-refractivity contribution in [1.29, 1.82) is 0 Å². The van der Waals surface area contributed by atoms with Crippen molar-refractivity contribution in [2.45, 2.75) is 0 Å². The third-order valence-electron chi connectivity index (χ3n) is 4.71. The van der Waals surface area contributed by atoms with Crippen molar-refractivity contribution in [3.05, 3.63) is 138 Å². The van der Waals surface area contributed by atoms with E-state index in [4.69, 9.17) is 0 Å². The quantitative estimate of drug-likeness (QED) is 0.238. The SMILES string of the molecule is O=C(/C(=N\N(C(=O)c1ccccc1)c1ccccc1)c1ccccc1)c1ccccc1. The number of carbonyl (C=O) groups is 2. The molecule has 4 aromatic rings. The van der Waals surface area contributed by atoms with Gasteiger partial charge in [0, 0.05) is 16.7 Å². The van der Waals surface area contributed by atoms with Crippen LogP contribution in [0, 0.1) is 0 Å². The molecule has 0 aliphatic rings. The monoisotopic (exact) mass is 404 g/mol. The fourth-order valence-corrected chi connectivity index (χ4v) is 3.15. The van der Waals surface area contributed by atoms with Crippen molar-refractivity contribution in [1.82, 2.24) is 0 Å². The molecule has 0 N–H and O–H groups in total. The second kappa shape index (κ2) is 9.46. The average Bonchev–Trinajstić information content (AvgIpc) is 2.86. The molecule has 0 aliphatic heterocycles. The number of hydrogen-bond acceptors (Lipinski definition) is 3. The van der Waals surface area contributed by atoms with Crippen LogP contribution < -0.4 is 5.01 Å². The van der Waals surface area contributed by atoms with Crippen LogP contribution in [0.3, 0.4) is 0 Å². The first-order valence-corrected chi connectivity index (χ1v) is 9.92. The zero-order valence-electron chi connectivity index (χ0n) is 16.8. The zero-order chi connectivity index (χ0) is 21.5. The summed E-state index contributed by atoms with van der Waals surface area (Å²) in [5.74, 6) is -0.574. The van der Waals surface area contributed by atoms with Crippen molar-refractivity contribution in [3.63, 3.8) is 0 Å². The van der Waals surface area contributed by atoms with Crippen LogP contribution in [0.5, 0.6) is 0 Å². The molecular formula is C27H20N2O2. The van der Waals surface area contributed by atoms with Gasteiger partial charge in [-0.25, -0.2) is 0 Å². The molecule has 4 nitrogen and oxygen atoms in total. The van der Waals surface area contributed by atoms with Crippen LogP contribution in [0.4, 0.5) is 5.69 Å². The molecule has 0 aromatic heterocycles. The van der Waals surface area contributed by atoms with Crippen LogP contribution in [0.1, 0.15) is 26.3 Å². The molecule has 4 heteroatoms. The summed E-state index contributed by atoms with van der Waals surface area (Å²) >= 11 is 0. The van der Waals surface area contributed by atoms with Crippen molar-refractivity contribution in [2.24, 2.45) is 5.10 Å². The maximum atomic E-state index is 13.4. The van der Waals surface area contributed by atoms with E-state index in [1.807, 2.05) is 60.7 Å². The summed E-state index contributed by atoms with van der Waals surface area (Å²) < 4.78 is 0. The molecule has 0 radical (unpaired) electrons. The molecule has 150 valence electrons. The van der Waals surface area contributed by atoms with E-state index in [1.165, 1.54) is 5.01 Å². The van der Waals surface area contributed by atoms with E-state index in [9.17, 15) is 9.59 Å². The van der Waals surface area contributed by atoms with Gasteiger partial charge in [0.25, 0.3) is 5.91 Å². The molecule has 0 spiro atoms. The molecule has 1 amide bonds. The zero-order valence-corrected chi connectivity index (χ0v) is 16.8. The number of hydrazone groups is 1. The molecular weight excluding hydrogens is 384 g/mol. The van der Waals surface area contributed by atoms with Gasteiger partial charge >= 0.3 is 0 Å². The Morgan fingerprint density at radius 3 is 1.45 bits per heavy atom. The van der Waals surface area contributed by atoms with Crippen LogP contribution in [0.25, 0.3) is 0 Å². The Hall–Kier alpha value is -4.31. The molecule has 0 saturated carbocycles. The highest BCUT2D eigenvalue weighted by molar-refractivity contribution is 6.51. The summed E-state index contributed by atoms with van der Waals surface area (Å²) in [5.41, 5.74) is 2.39. The molecule has 31 heavy (non-hydrogen) atoms. The molecule has 0 unspecified atom stereocenters. The van der Waals surface area contributed by atoms with Gasteiger partial charge in [0.1, 0.15) is 5.71 Å². The molecule has 0 saturated heterocycles. The third-order valence-corrected chi connectivity index (χ3v) is 4.71. The van der Waals surface area contributed by atoms with Gasteiger partial charge in [0.2, 0.25) is 5.78 Å². The van der Waals surface area contributed by atoms with Crippen molar-refractivity contribution in [2.75, 3.05) is 5.01 Å². The third kappa shape index (κ3) is 4.65. The maximum absolute atomic E-state index is 13.4. The maximum Gasteiger partial charge on any atom is 0.278 e. The topological polar surface area (TPSA) is 49.7 Å². The van der Waals surface area contributed by atoms with Gasteiger partial charge in [-0.1, -0.05) is 97.1 Å². The van der Waals surface area contributed by atoms with Crippen LogP contribution in [-0.4, -0.2) is 17.4 Å². The summed E-state index contributed by atoms with van der Waals surface area (Å²) in [7, 11) is 0.